The maximum atomic E-state index is 10.5. The molecule has 0 saturated carbocycles. The van der Waals surface area contributed by atoms with Crippen molar-refractivity contribution >= 4 is 0 Å². The Morgan fingerprint density at radius 3 is 1.02 bits per heavy atom. The molecule has 8 rings (SSSR count). The van der Waals surface area contributed by atoms with E-state index in [1.54, 1.807) is 0 Å². The molecule has 0 amide bonds. The molecule has 0 heterocycles. The van der Waals surface area contributed by atoms with Crippen molar-refractivity contribution in [2.24, 2.45) is 23.7 Å². The molecule has 61 heavy (non-hydrogen) atoms. The number of phenolic OH excluding ortho intramolecular Hbond substituents is 2. The van der Waals surface area contributed by atoms with Crippen molar-refractivity contribution in [3.05, 3.63) is 170 Å². The summed E-state index contributed by atoms with van der Waals surface area (Å²) in [6, 6.07) is 43.2. The SMILES string of the molecule is Cc1ccc(O)c(-c2ccc3c(c2)C(CC(C)C)(CC(C)C)c2ccccc2-3)c1.Cc1ccc(O)c(-c2ccc3c(c2)C(CC(C)C)(CC(C)C)c2ccccc2-3)c1.[CH3-].[CH3-].[Ti+2]. The zero-order chi connectivity index (χ0) is 41.5. The first-order valence-corrected chi connectivity index (χ1v) is 21.7. The molecule has 2 nitrogen and oxygen atoms in total. The summed E-state index contributed by atoms with van der Waals surface area (Å²) in [6.45, 7) is 22.8. The van der Waals surface area contributed by atoms with E-state index in [0.29, 0.717) is 35.2 Å². The molecule has 3 heteroatoms. The van der Waals surface area contributed by atoms with Gasteiger partial charge in [-0.2, -0.15) is 0 Å². The molecule has 6 aromatic carbocycles. The van der Waals surface area contributed by atoms with Crippen molar-refractivity contribution in [1.82, 2.24) is 0 Å². The smallest absolute Gasteiger partial charge is 0.507 e. The molecule has 2 N–H and O–H groups in total. The summed E-state index contributed by atoms with van der Waals surface area (Å²) < 4.78 is 0. The van der Waals surface area contributed by atoms with Crippen molar-refractivity contribution in [2.45, 2.75) is 106 Å². The van der Waals surface area contributed by atoms with Gasteiger partial charge in [-0.25, -0.2) is 0 Å². The topological polar surface area (TPSA) is 40.5 Å². The summed E-state index contributed by atoms with van der Waals surface area (Å²) in [5.41, 5.74) is 17.7. The average molecular weight is 847 g/mol. The zero-order valence-electron chi connectivity index (χ0n) is 39.1. The van der Waals surface area contributed by atoms with Crippen LogP contribution in [-0.2, 0) is 32.5 Å². The molecule has 0 aromatic heterocycles. The van der Waals surface area contributed by atoms with Crippen LogP contribution in [0.4, 0.5) is 0 Å². The Hall–Kier alpha value is -4.37. The number of benzene rings is 6. The Morgan fingerprint density at radius 1 is 0.377 bits per heavy atom. The van der Waals surface area contributed by atoms with E-state index in [1.165, 1.54) is 44.5 Å². The fraction of sp³-hybridized carbons (Fsp3) is 0.345. The molecule has 0 atom stereocenters. The van der Waals surface area contributed by atoms with Crippen LogP contribution in [0.3, 0.4) is 0 Å². The van der Waals surface area contributed by atoms with Crippen molar-refractivity contribution in [3.8, 4) is 56.0 Å². The standard InChI is InChI=1S/2C28H32O.2CH3.Ti/c2*1-18(2)16-28(17-19(3)4)25-9-7-6-8-22(25)23-12-11-21(15-26(23)28)24-14-20(5)10-13-27(24)29;;;/h2*6-15,18-19,29H,16-17H2,1-5H3;2*1H3;/q;;2*-1;+2. The number of hydrogen-bond acceptors (Lipinski definition) is 2. The normalized spacial score (nSPS) is 13.6. The quantitative estimate of drug-likeness (QED) is 0.107. The third-order valence-corrected chi connectivity index (χ3v) is 12.5. The van der Waals surface area contributed by atoms with Gasteiger partial charge < -0.3 is 25.1 Å². The van der Waals surface area contributed by atoms with Crippen LogP contribution in [0, 0.1) is 52.4 Å². The first-order chi connectivity index (χ1) is 27.6. The largest absolute Gasteiger partial charge is 2.00 e. The number of fused-ring (bicyclic) bond motifs is 6. The second-order valence-electron chi connectivity index (χ2n) is 19.2. The van der Waals surface area contributed by atoms with E-state index in [1.807, 2.05) is 24.3 Å². The van der Waals surface area contributed by atoms with Gasteiger partial charge in [0.2, 0.25) is 0 Å². The summed E-state index contributed by atoms with van der Waals surface area (Å²) in [7, 11) is 0. The molecule has 2 aliphatic rings. The molecule has 0 spiro atoms. The molecule has 0 bridgehead atoms. The van der Waals surface area contributed by atoms with Crippen molar-refractivity contribution in [1.29, 1.82) is 0 Å². The van der Waals surface area contributed by atoms with Gasteiger partial charge >= 0.3 is 21.7 Å². The van der Waals surface area contributed by atoms with Crippen LogP contribution in [0.15, 0.2) is 121 Å². The summed E-state index contributed by atoms with van der Waals surface area (Å²) in [4.78, 5) is 0. The van der Waals surface area contributed by atoms with Gasteiger partial charge in [-0.15, -0.1) is 0 Å². The summed E-state index contributed by atoms with van der Waals surface area (Å²) >= 11 is 0. The first-order valence-electron chi connectivity index (χ1n) is 21.7. The fourth-order valence-corrected chi connectivity index (χ4v) is 10.8. The summed E-state index contributed by atoms with van der Waals surface area (Å²) in [5, 5.41) is 21.1. The third kappa shape index (κ3) is 9.52. The molecule has 0 radical (unpaired) electrons. The van der Waals surface area contributed by atoms with Gasteiger partial charge in [0.05, 0.1) is 0 Å². The van der Waals surface area contributed by atoms with Gasteiger partial charge in [0.15, 0.2) is 0 Å². The Balaban J connectivity index is 0.000000256. The minimum Gasteiger partial charge on any atom is -0.507 e. The monoisotopic (exact) mass is 846 g/mol. The van der Waals surface area contributed by atoms with Crippen LogP contribution < -0.4 is 0 Å². The third-order valence-electron chi connectivity index (χ3n) is 12.5. The predicted molar refractivity (Wildman–Crippen MR) is 260 cm³/mol. The van der Waals surface area contributed by atoms with Gasteiger partial charge in [-0.3, -0.25) is 0 Å². The van der Waals surface area contributed by atoms with E-state index in [2.05, 4.69) is 166 Å². The number of aromatic hydroxyl groups is 2. The van der Waals surface area contributed by atoms with E-state index in [9.17, 15) is 10.2 Å². The van der Waals surface area contributed by atoms with Crippen molar-refractivity contribution in [3.63, 3.8) is 0 Å². The molecule has 0 saturated heterocycles. The number of phenols is 2. The fourth-order valence-electron chi connectivity index (χ4n) is 10.8. The predicted octanol–water partition coefficient (Wildman–Crippen LogP) is 16.4. The number of aryl methyl sites for hydroxylation is 2. The van der Waals surface area contributed by atoms with Gasteiger partial charge in [0, 0.05) is 22.0 Å². The van der Waals surface area contributed by atoms with Crippen LogP contribution in [0.1, 0.15) is 114 Å². The minimum atomic E-state index is 0. The molecule has 318 valence electrons. The Morgan fingerprint density at radius 2 is 0.689 bits per heavy atom. The maximum absolute atomic E-state index is 10.5. The van der Waals surface area contributed by atoms with E-state index in [0.717, 1.165) is 59.1 Å². The van der Waals surface area contributed by atoms with Crippen LogP contribution in [0.25, 0.3) is 44.5 Å². The Bertz CT molecular complexity index is 2240. The maximum Gasteiger partial charge on any atom is 2.00 e. The van der Waals surface area contributed by atoms with Gasteiger partial charge in [-0.05, 0) is 155 Å². The van der Waals surface area contributed by atoms with Crippen LogP contribution >= 0.6 is 0 Å². The minimum absolute atomic E-state index is 0. The first kappa shape index (κ1) is 49.3. The van der Waals surface area contributed by atoms with E-state index in [-0.39, 0.29) is 47.4 Å². The van der Waals surface area contributed by atoms with Crippen molar-refractivity contribution in [2.75, 3.05) is 0 Å². The second kappa shape index (κ2) is 19.8. The molecule has 0 unspecified atom stereocenters. The van der Waals surface area contributed by atoms with Crippen LogP contribution in [0.2, 0.25) is 0 Å². The Kier molecular flexibility index (Phi) is 16.0. The van der Waals surface area contributed by atoms with E-state index in [4.69, 9.17) is 0 Å². The van der Waals surface area contributed by atoms with Gasteiger partial charge in [0.25, 0.3) is 0 Å². The van der Waals surface area contributed by atoms with Gasteiger partial charge in [-0.1, -0.05) is 151 Å². The second-order valence-corrected chi connectivity index (χ2v) is 19.2. The molecular weight excluding hydrogens is 777 g/mol. The molecule has 2 aliphatic carbocycles. The van der Waals surface area contributed by atoms with Crippen LogP contribution in [0.5, 0.6) is 11.5 Å². The molecule has 0 aliphatic heterocycles. The molecule has 0 fully saturated rings. The van der Waals surface area contributed by atoms with E-state index >= 15 is 0 Å². The molecular formula is C58H70O2Ti. The molecule has 6 aromatic rings. The number of rotatable bonds is 10. The average Bonchev–Trinajstić information content (AvgIpc) is 3.58. The Labute approximate surface area is 384 Å². The van der Waals surface area contributed by atoms with Gasteiger partial charge in [0.1, 0.15) is 11.5 Å². The summed E-state index contributed by atoms with van der Waals surface area (Å²) in [6.07, 6.45) is 4.55. The van der Waals surface area contributed by atoms with E-state index < -0.39 is 0 Å². The summed E-state index contributed by atoms with van der Waals surface area (Å²) in [5.74, 6) is 3.11. The zero-order valence-corrected chi connectivity index (χ0v) is 40.6. The number of hydrogen-bond donors (Lipinski definition) is 2. The van der Waals surface area contributed by atoms with Crippen LogP contribution in [-0.4, -0.2) is 10.2 Å². The van der Waals surface area contributed by atoms with Crippen molar-refractivity contribution < 1.29 is 31.9 Å².